The summed E-state index contributed by atoms with van der Waals surface area (Å²) in [5.74, 6) is 0.476. The predicted molar refractivity (Wildman–Crippen MR) is 162 cm³/mol. The first kappa shape index (κ1) is 26.3. The summed E-state index contributed by atoms with van der Waals surface area (Å²) in [6, 6.07) is 31.0. The van der Waals surface area contributed by atoms with Gasteiger partial charge in [0, 0.05) is 26.7 Å². The minimum Gasteiger partial charge on any atom is -0.489 e. The molecule has 0 atom stereocenters. The van der Waals surface area contributed by atoms with E-state index in [0.29, 0.717) is 12.2 Å². The maximum Gasteiger partial charge on any atom is 0.271 e. The number of nitrogens with one attached hydrogen (secondary N) is 2. The number of ether oxygens (including phenoxy) is 1. The van der Waals surface area contributed by atoms with Crippen LogP contribution in [0.3, 0.4) is 0 Å². The number of benzene rings is 4. The second kappa shape index (κ2) is 12.5. The molecule has 0 radical (unpaired) electrons. The average Bonchev–Trinajstić information content (AvgIpc) is 3.43. The maximum absolute atomic E-state index is 12.5. The predicted octanol–water partition coefficient (Wildman–Crippen LogP) is 7.97. The molecule has 5 aromatic rings. The Hall–Kier alpha value is -4.27. The summed E-state index contributed by atoms with van der Waals surface area (Å²) in [6.45, 7) is 2.55. The lowest BCUT2D eigenvalue weighted by Gasteiger charge is -2.06. The molecule has 1 heterocycles. The van der Waals surface area contributed by atoms with E-state index in [4.69, 9.17) is 4.74 Å². The van der Waals surface area contributed by atoms with E-state index in [1.807, 2.05) is 78.2 Å². The molecule has 39 heavy (non-hydrogen) atoms. The van der Waals surface area contributed by atoms with Crippen LogP contribution in [0.25, 0.3) is 11.3 Å². The third-order valence-electron chi connectivity index (χ3n) is 5.83. The Kier molecular flexibility index (Phi) is 8.45. The zero-order valence-corrected chi connectivity index (χ0v) is 23.5. The van der Waals surface area contributed by atoms with Crippen LogP contribution in [0.4, 0.5) is 10.8 Å². The van der Waals surface area contributed by atoms with E-state index in [1.165, 1.54) is 16.9 Å². The van der Waals surface area contributed by atoms with Gasteiger partial charge in [0.05, 0.1) is 11.9 Å². The highest BCUT2D eigenvalue weighted by molar-refractivity contribution is 9.10. The zero-order valence-electron chi connectivity index (χ0n) is 21.1. The first-order valence-corrected chi connectivity index (χ1v) is 13.9. The van der Waals surface area contributed by atoms with E-state index in [-0.39, 0.29) is 5.91 Å². The molecule has 0 fully saturated rings. The summed E-state index contributed by atoms with van der Waals surface area (Å²) in [6.07, 6.45) is 1.60. The van der Waals surface area contributed by atoms with Crippen molar-refractivity contribution in [2.45, 2.75) is 13.5 Å². The van der Waals surface area contributed by atoms with Gasteiger partial charge in [0.2, 0.25) is 0 Å². The van der Waals surface area contributed by atoms with Crippen molar-refractivity contribution in [3.63, 3.8) is 0 Å². The van der Waals surface area contributed by atoms with Crippen LogP contribution in [0.1, 0.15) is 27.0 Å². The minimum atomic E-state index is -0.285. The molecule has 0 saturated heterocycles. The number of hydrazone groups is 1. The molecule has 1 amide bonds. The summed E-state index contributed by atoms with van der Waals surface area (Å²) in [7, 11) is 0. The lowest BCUT2D eigenvalue weighted by atomic mass is 10.1. The Morgan fingerprint density at radius 3 is 2.38 bits per heavy atom. The molecule has 0 saturated carbocycles. The molecular weight excluding hydrogens is 572 g/mol. The average molecular weight is 598 g/mol. The summed E-state index contributed by atoms with van der Waals surface area (Å²) in [5.41, 5.74) is 9.02. The summed E-state index contributed by atoms with van der Waals surface area (Å²) in [4.78, 5) is 17.2. The van der Waals surface area contributed by atoms with Gasteiger partial charge in [-0.2, -0.15) is 5.10 Å². The van der Waals surface area contributed by atoms with Crippen LogP contribution >= 0.6 is 27.3 Å². The number of thiazole rings is 1. The van der Waals surface area contributed by atoms with Crippen LogP contribution in [0.5, 0.6) is 5.75 Å². The van der Waals surface area contributed by atoms with Crippen molar-refractivity contribution in [3.05, 3.63) is 129 Å². The van der Waals surface area contributed by atoms with Gasteiger partial charge in [0.15, 0.2) is 5.13 Å². The Morgan fingerprint density at radius 1 is 0.949 bits per heavy atom. The van der Waals surface area contributed by atoms with Gasteiger partial charge < -0.3 is 10.1 Å². The van der Waals surface area contributed by atoms with Gasteiger partial charge in [-0.15, -0.1) is 11.3 Å². The van der Waals surface area contributed by atoms with Crippen molar-refractivity contribution in [1.29, 1.82) is 0 Å². The standard InChI is InChI=1S/C31H25BrN4O2S/c1-21-2-14-27(15-3-21)34-31-35-29(20-39-31)24-8-10-25(11-9-24)30(37)36-33-18-22-6-16-28(17-7-22)38-19-23-4-12-26(32)13-5-23/h2-18,20H,19H2,1H3,(H,34,35)(H,36,37)/b33-18-. The van der Waals surface area contributed by atoms with Gasteiger partial charge in [-0.05, 0) is 78.7 Å². The smallest absolute Gasteiger partial charge is 0.271 e. The molecule has 2 N–H and O–H groups in total. The summed E-state index contributed by atoms with van der Waals surface area (Å²) < 4.78 is 6.86. The van der Waals surface area contributed by atoms with Gasteiger partial charge >= 0.3 is 0 Å². The first-order chi connectivity index (χ1) is 19.0. The Balaban J connectivity index is 1.11. The number of halogens is 1. The zero-order chi connectivity index (χ0) is 27.0. The van der Waals surface area contributed by atoms with Crippen molar-refractivity contribution in [3.8, 4) is 17.0 Å². The number of aryl methyl sites for hydroxylation is 1. The van der Waals surface area contributed by atoms with Gasteiger partial charge in [-0.1, -0.05) is 57.9 Å². The molecule has 0 aliphatic heterocycles. The van der Waals surface area contributed by atoms with E-state index in [0.717, 1.165) is 43.4 Å². The number of carbonyl (C=O) groups excluding carboxylic acids is 1. The third kappa shape index (κ3) is 7.40. The van der Waals surface area contributed by atoms with E-state index < -0.39 is 0 Å². The van der Waals surface area contributed by atoms with Crippen molar-refractivity contribution < 1.29 is 9.53 Å². The van der Waals surface area contributed by atoms with E-state index in [1.54, 1.807) is 18.3 Å². The van der Waals surface area contributed by atoms with Crippen LogP contribution in [0.15, 0.2) is 112 Å². The molecule has 4 aromatic carbocycles. The Labute approximate surface area is 239 Å². The van der Waals surface area contributed by atoms with Gasteiger partial charge in [-0.25, -0.2) is 10.4 Å². The number of carbonyl (C=O) groups is 1. The number of rotatable bonds is 9. The van der Waals surface area contributed by atoms with E-state index in [2.05, 4.69) is 55.8 Å². The highest BCUT2D eigenvalue weighted by atomic mass is 79.9. The molecule has 5 rings (SSSR count). The Bertz CT molecular complexity index is 1560. The molecule has 0 bridgehead atoms. The molecule has 1 aromatic heterocycles. The normalized spacial score (nSPS) is 10.9. The number of hydrogen-bond donors (Lipinski definition) is 2. The summed E-state index contributed by atoms with van der Waals surface area (Å²) in [5, 5.41) is 10.2. The number of hydrogen-bond acceptors (Lipinski definition) is 6. The van der Waals surface area contributed by atoms with Crippen molar-refractivity contribution >= 4 is 50.2 Å². The SMILES string of the molecule is Cc1ccc(Nc2nc(-c3ccc(C(=O)N/N=C\c4ccc(OCc5ccc(Br)cc5)cc4)cc3)cs2)cc1. The number of amides is 1. The highest BCUT2D eigenvalue weighted by Gasteiger charge is 2.08. The quantitative estimate of drug-likeness (QED) is 0.134. The van der Waals surface area contributed by atoms with Crippen LogP contribution in [-0.4, -0.2) is 17.1 Å². The van der Waals surface area contributed by atoms with Crippen molar-refractivity contribution in [2.24, 2.45) is 5.10 Å². The Morgan fingerprint density at radius 2 is 1.67 bits per heavy atom. The molecule has 0 aliphatic rings. The molecule has 0 unspecified atom stereocenters. The van der Waals surface area contributed by atoms with Crippen molar-refractivity contribution in [2.75, 3.05) is 5.32 Å². The fourth-order valence-electron chi connectivity index (χ4n) is 3.64. The summed E-state index contributed by atoms with van der Waals surface area (Å²) >= 11 is 4.97. The van der Waals surface area contributed by atoms with Crippen molar-refractivity contribution in [1.82, 2.24) is 10.4 Å². The minimum absolute atomic E-state index is 0.285. The molecule has 0 spiro atoms. The van der Waals surface area contributed by atoms with E-state index in [9.17, 15) is 4.79 Å². The fourth-order valence-corrected chi connectivity index (χ4v) is 4.65. The molecular formula is C31H25BrN4O2S. The lowest BCUT2D eigenvalue weighted by molar-refractivity contribution is 0.0955. The second-order valence-corrected chi connectivity index (χ2v) is 10.6. The molecule has 6 nitrogen and oxygen atoms in total. The highest BCUT2D eigenvalue weighted by Crippen LogP contribution is 2.27. The van der Waals surface area contributed by atoms with Gasteiger partial charge in [-0.3, -0.25) is 4.79 Å². The number of aromatic nitrogens is 1. The lowest BCUT2D eigenvalue weighted by Crippen LogP contribution is -2.17. The third-order valence-corrected chi connectivity index (χ3v) is 7.11. The van der Waals surface area contributed by atoms with Gasteiger partial charge in [0.25, 0.3) is 5.91 Å². The van der Waals surface area contributed by atoms with Crippen LogP contribution in [0.2, 0.25) is 0 Å². The van der Waals surface area contributed by atoms with Gasteiger partial charge in [0.1, 0.15) is 12.4 Å². The topological polar surface area (TPSA) is 75.6 Å². The molecule has 194 valence electrons. The largest absolute Gasteiger partial charge is 0.489 e. The number of anilines is 2. The number of nitrogens with zero attached hydrogens (tertiary/aromatic N) is 2. The van der Waals surface area contributed by atoms with Crippen LogP contribution in [0, 0.1) is 6.92 Å². The first-order valence-electron chi connectivity index (χ1n) is 12.2. The monoisotopic (exact) mass is 596 g/mol. The fraction of sp³-hybridized carbons (Fsp3) is 0.0645. The second-order valence-electron chi connectivity index (χ2n) is 8.79. The van der Waals surface area contributed by atoms with E-state index >= 15 is 0 Å². The molecule has 8 heteroatoms. The molecule has 0 aliphatic carbocycles. The van der Waals surface area contributed by atoms with Crippen LogP contribution < -0.4 is 15.5 Å². The van der Waals surface area contributed by atoms with Crippen LogP contribution in [-0.2, 0) is 6.61 Å². The maximum atomic E-state index is 12.5.